The van der Waals surface area contributed by atoms with Gasteiger partial charge < -0.3 is 5.73 Å². The average molecular weight is 261 g/mol. The molecule has 0 aromatic heterocycles. The fourth-order valence-corrected chi connectivity index (χ4v) is 3.91. The van der Waals surface area contributed by atoms with Crippen LogP contribution in [0.1, 0.15) is 33.1 Å². The fourth-order valence-electron chi connectivity index (χ4n) is 2.31. The molecule has 1 unspecified atom stereocenters. The van der Waals surface area contributed by atoms with Crippen LogP contribution in [0.15, 0.2) is 0 Å². The minimum Gasteiger partial charge on any atom is -0.330 e. The highest BCUT2D eigenvalue weighted by Crippen LogP contribution is 2.45. The molecule has 1 aliphatic heterocycles. The van der Waals surface area contributed by atoms with Gasteiger partial charge in [0.2, 0.25) is 0 Å². The Labute approximate surface area is 104 Å². The Morgan fingerprint density at radius 1 is 1.35 bits per heavy atom. The number of hydrogen-bond acceptors (Lipinski definition) is 3. The van der Waals surface area contributed by atoms with Crippen LogP contribution in [-0.4, -0.2) is 38.4 Å². The highest BCUT2D eigenvalue weighted by Gasteiger charge is 2.48. The standard InChI is InChI=1S/C11H23N3O2S/c1-11(2)7-10(11)13-17(15,16)14-5-3-9(8-12)4-6-14/h9-10,13H,3-8,12H2,1-2H3. The minimum atomic E-state index is -3.28. The molecule has 100 valence electrons. The zero-order valence-corrected chi connectivity index (χ0v) is 11.5. The zero-order chi connectivity index (χ0) is 12.7. The average Bonchev–Trinajstić information content (AvgIpc) is 2.85. The van der Waals surface area contributed by atoms with Crippen LogP contribution in [0.5, 0.6) is 0 Å². The lowest BCUT2D eigenvalue weighted by Gasteiger charge is -2.30. The third-order valence-corrected chi connectivity index (χ3v) is 5.68. The van der Waals surface area contributed by atoms with Crippen molar-refractivity contribution in [1.29, 1.82) is 0 Å². The smallest absolute Gasteiger partial charge is 0.279 e. The van der Waals surface area contributed by atoms with Crippen molar-refractivity contribution < 1.29 is 8.42 Å². The summed E-state index contributed by atoms with van der Waals surface area (Å²) < 4.78 is 28.6. The summed E-state index contributed by atoms with van der Waals surface area (Å²) in [6.07, 6.45) is 2.70. The molecule has 0 aromatic carbocycles. The molecule has 0 bridgehead atoms. The number of nitrogens with two attached hydrogens (primary N) is 1. The maximum Gasteiger partial charge on any atom is 0.279 e. The Balaban J connectivity index is 1.89. The SMILES string of the molecule is CC1(C)CC1NS(=O)(=O)N1CCC(CN)CC1. The molecule has 2 fully saturated rings. The van der Waals surface area contributed by atoms with Gasteiger partial charge in [-0.25, -0.2) is 0 Å². The largest absolute Gasteiger partial charge is 0.330 e. The van der Waals surface area contributed by atoms with Gasteiger partial charge in [0.25, 0.3) is 10.2 Å². The lowest BCUT2D eigenvalue weighted by Crippen LogP contribution is -2.47. The summed E-state index contributed by atoms with van der Waals surface area (Å²) in [6.45, 7) is 6.04. The molecule has 2 aliphatic rings. The molecule has 1 aliphatic carbocycles. The van der Waals surface area contributed by atoms with E-state index in [-0.39, 0.29) is 11.5 Å². The Morgan fingerprint density at radius 3 is 2.29 bits per heavy atom. The monoisotopic (exact) mass is 261 g/mol. The fraction of sp³-hybridized carbons (Fsp3) is 1.00. The Kier molecular flexibility index (Phi) is 3.51. The van der Waals surface area contributed by atoms with Crippen LogP contribution in [0.2, 0.25) is 0 Å². The Bertz CT molecular complexity index is 372. The van der Waals surface area contributed by atoms with Crippen LogP contribution in [0, 0.1) is 11.3 Å². The molecule has 1 heterocycles. The predicted octanol–water partition coefficient (Wildman–Crippen LogP) is 0.290. The first-order valence-electron chi connectivity index (χ1n) is 6.32. The van der Waals surface area contributed by atoms with Gasteiger partial charge in [-0.1, -0.05) is 13.8 Å². The molecule has 17 heavy (non-hydrogen) atoms. The molecule has 0 spiro atoms. The second kappa shape index (κ2) is 4.50. The summed E-state index contributed by atoms with van der Waals surface area (Å²) in [5, 5.41) is 0. The van der Waals surface area contributed by atoms with E-state index in [9.17, 15) is 8.42 Å². The van der Waals surface area contributed by atoms with E-state index < -0.39 is 10.2 Å². The van der Waals surface area contributed by atoms with E-state index in [1.54, 1.807) is 4.31 Å². The van der Waals surface area contributed by atoms with Gasteiger partial charge in [0.15, 0.2) is 0 Å². The van der Waals surface area contributed by atoms with Crippen molar-refractivity contribution in [3.8, 4) is 0 Å². The third kappa shape index (κ3) is 2.99. The summed E-state index contributed by atoms with van der Waals surface area (Å²) in [4.78, 5) is 0. The molecular weight excluding hydrogens is 238 g/mol. The topological polar surface area (TPSA) is 75.4 Å². The molecule has 2 rings (SSSR count). The minimum absolute atomic E-state index is 0.111. The quantitative estimate of drug-likeness (QED) is 0.764. The molecule has 0 aromatic rings. The first-order chi connectivity index (χ1) is 7.85. The molecule has 0 amide bonds. The second-order valence-electron chi connectivity index (χ2n) is 5.95. The van der Waals surface area contributed by atoms with Crippen molar-refractivity contribution in [3.05, 3.63) is 0 Å². The molecule has 6 heteroatoms. The van der Waals surface area contributed by atoms with Gasteiger partial charge in [0, 0.05) is 19.1 Å². The summed E-state index contributed by atoms with van der Waals surface area (Å²) in [6, 6.07) is 0.111. The van der Waals surface area contributed by atoms with Crippen molar-refractivity contribution >= 4 is 10.2 Å². The van der Waals surface area contributed by atoms with E-state index in [0.29, 0.717) is 25.6 Å². The molecule has 5 nitrogen and oxygen atoms in total. The highest BCUT2D eigenvalue weighted by molar-refractivity contribution is 7.87. The van der Waals surface area contributed by atoms with Crippen molar-refractivity contribution in [3.63, 3.8) is 0 Å². The number of hydrogen-bond donors (Lipinski definition) is 2. The maximum atomic E-state index is 12.1. The van der Waals surface area contributed by atoms with E-state index in [1.807, 2.05) is 0 Å². The normalized spacial score (nSPS) is 30.4. The van der Waals surface area contributed by atoms with Crippen LogP contribution >= 0.6 is 0 Å². The van der Waals surface area contributed by atoms with E-state index in [4.69, 9.17) is 5.73 Å². The Morgan fingerprint density at radius 2 is 1.88 bits per heavy atom. The number of nitrogens with zero attached hydrogens (tertiary/aromatic N) is 1. The molecule has 1 saturated carbocycles. The van der Waals surface area contributed by atoms with Crippen molar-refractivity contribution in [2.75, 3.05) is 19.6 Å². The summed E-state index contributed by atoms with van der Waals surface area (Å²) in [5.41, 5.74) is 5.73. The first-order valence-corrected chi connectivity index (χ1v) is 7.76. The van der Waals surface area contributed by atoms with Crippen LogP contribution < -0.4 is 10.5 Å². The Hall–Kier alpha value is -0.170. The molecule has 1 atom stereocenters. The van der Waals surface area contributed by atoms with Crippen molar-refractivity contribution in [2.24, 2.45) is 17.1 Å². The van der Waals surface area contributed by atoms with Crippen LogP contribution in [0.25, 0.3) is 0 Å². The lowest BCUT2D eigenvalue weighted by atomic mass is 9.99. The van der Waals surface area contributed by atoms with Gasteiger partial charge in [-0.15, -0.1) is 0 Å². The summed E-state index contributed by atoms with van der Waals surface area (Å²) in [7, 11) is -3.28. The molecular formula is C11H23N3O2S. The van der Waals surface area contributed by atoms with Gasteiger partial charge in [-0.2, -0.15) is 17.4 Å². The molecule has 1 saturated heterocycles. The van der Waals surface area contributed by atoms with Gasteiger partial charge >= 0.3 is 0 Å². The van der Waals surface area contributed by atoms with Crippen LogP contribution in [0.3, 0.4) is 0 Å². The van der Waals surface area contributed by atoms with Gasteiger partial charge in [-0.3, -0.25) is 0 Å². The lowest BCUT2D eigenvalue weighted by molar-refractivity contribution is 0.275. The zero-order valence-electron chi connectivity index (χ0n) is 10.6. The van der Waals surface area contributed by atoms with Crippen LogP contribution in [0.4, 0.5) is 0 Å². The van der Waals surface area contributed by atoms with E-state index in [2.05, 4.69) is 18.6 Å². The number of rotatable bonds is 4. The van der Waals surface area contributed by atoms with E-state index in [0.717, 1.165) is 19.3 Å². The predicted molar refractivity (Wildman–Crippen MR) is 67.6 cm³/mol. The van der Waals surface area contributed by atoms with E-state index in [1.165, 1.54) is 0 Å². The number of nitrogens with one attached hydrogen (secondary N) is 1. The van der Waals surface area contributed by atoms with Gasteiger partial charge in [0.05, 0.1) is 0 Å². The maximum absolute atomic E-state index is 12.1. The number of piperidine rings is 1. The third-order valence-electron chi connectivity index (χ3n) is 4.05. The van der Waals surface area contributed by atoms with Crippen molar-refractivity contribution in [2.45, 2.75) is 39.2 Å². The summed E-state index contributed by atoms with van der Waals surface area (Å²) in [5.74, 6) is 0.485. The van der Waals surface area contributed by atoms with Crippen molar-refractivity contribution in [1.82, 2.24) is 9.03 Å². The molecule has 3 N–H and O–H groups in total. The molecule has 0 radical (unpaired) electrons. The van der Waals surface area contributed by atoms with Gasteiger partial charge in [0.1, 0.15) is 0 Å². The second-order valence-corrected chi connectivity index (χ2v) is 7.65. The van der Waals surface area contributed by atoms with E-state index >= 15 is 0 Å². The highest BCUT2D eigenvalue weighted by atomic mass is 32.2. The van der Waals surface area contributed by atoms with Crippen LogP contribution in [-0.2, 0) is 10.2 Å². The first kappa shape index (κ1) is 13.3. The van der Waals surface area contributed by atoms with Gasteiger partial charge in [-0.05, 0) is 37.1 Å². The summed E-state index contributed by atoms with van der Waals surface area (Å²) >= 11 is 0.